The number of imidazole rings is 1. The largest absolute Gasteiger partial charge is 0.481 e. The lowest BCUT2D eigenvalue weighted by Crippen LogP contribution is -2.36. The molecule has 0 atom stereocenters. The van der Waals surface area contributed by atoms with Gasteiger partial charge in [-0.15, -0.1) is 0 Å². The van der Waals surface area contributed by atoms with E-state index >= 15 is 0 Å². The molecule has 31 heavy (non-hydrogen) atoms. The molecule has 0 unspecified atom stereocenters. The third kappa shape index (κ3) is 3.97. The number of aromatic nitrogens is 2. The summed E-state index contributed by atoms with van der Waals surface area (Å²) in [5, 5.41) is 9.29. The molecule has 1 fully saturated rings. The first-order chi connectivity index (χ1) is 15.2. The molecule has 156 valence electrons. The normalized spacial score (nSPS) is 15.4. The zero-order valence-electron chi connectivity index (χ0n) is 17.3. The number of hydrogen-bond acceptors (Lipinski definition) is 3. The summed E-state index contributed by atoms with van der Waals surface area (Å²) < 4.78 is 2.16. The average molecular weight is 412 g/mol. The van der Waals surface area contributed by atoms with Crippen LogP contribution < -0.4 is 0 Å². The highest BCUT2D eigenvalue weighted by Gasteiger charge is 2.26. The number of pyridine rings is 1. The van der Waals surface area contributed by atoms with Gasteiger partial charge in [0.05, 0.1) is 17.3 Å². The predicted molar refractivity (Wildman–Crippen MR) is 122 cm³/mol. The fourth-order valence-electron chi connectivity index (χ4n) is 4.43. The maximum Gasteiger partial charge on any atom is 0.306 e. The molecule has 5 nitrogen and oxygen atoms in total. The molecule has 0 bridgehead atoms. The van der Waals surface area contributed by atoms with Crippen LogP contribution in [0.15, 0.2) is 79.0 Å². The lowest BCUT2D eigenvalue weighted by atomic mass is 9.97. The first-order valence-corrected chi connectivity index (χ1v) is 10.8. The topological polar surface area (TPSA) is 57.8 Å². The van der Waals surface area contributed by atoms with Crippen LogP contribution in [0.2, 0.25) is 0 Å². The smallest absolute Gasteiger partial charge is 0.306 e. The van der Waals surface area contributed by atoms with E-state index in [9.17, 15) is 9.90 Å². The summed E-state index contributed by atoms with van der Waals surface area (Å²) in [6.07, 6.45) is 3.46. The zero-order chi connectivity index (χ0) is 21.2. The van der Waals surface area contributed by atoms with Crippen molar-refractivity contribution in [2.24, 2.45) is 5.92 Å². The second kappa shape index (κ2) is 8.36. The van der Waals surface area contributed by atoms with Crippen molar-refractivity contribution in [3.05, 3.63) is 84.7 Å². The third-order valence-electron chi connectivity index (χ3n) is 6.20. The number of rotatable bonds is 5. The zero-order valence-corrected chi connectivity index (χ0v) is 17.3. The van der Waals surface area contributed by atoms with Gasteiger partial charge in [0.25, 0.3) is 0 Å². The predicted octanol–water partition coefficient (Wildman–Crippen LogP) is 4.96. The van der Waals surface area contributed by atoms with Crippen molar-refractivity contribution in [2.75, 3.05) is 13.1 Å². The second-order valence-corrected chi connectivity index (χ2v) is 8.17. The number of benzene rings is 2. The number of aliphatic carboxylic acids is 1. The average Bonchev–Trinajstić information content (AvgIpc) is 3.18. The van der Waals surface area contributed by atoms with Gasteiger partial charge in [0.2, 0.25) is 0 Å². The Morgan fingerprint density at radius 2 is 1.52 bits per heavy atom. The molecule has 4 aromatic rings. The standard InChI is InChI=1S/C26H25N3O2/c30-26(31)22-13-16-28(17-14-22)18-23-25(27-24-8-4-5-15-29(23)24)21-11-9-20(10-12-21)19-6-2-1-3-7-19/h1-12,15,22H,13-14,16-18H2,(H,30,31). The van der Waals surface area contributed by atoms with Gasteiger partial charge in [0, 0.05) is 18.3 Å². The highest BCUT2D eigenvalue weighted by atomic mass is 16.4. The number of carboxylic acid groups (broad SMARTS) is 1. The van der Waals surface area contributed by atoms with E-state index in [1.807, 2.05) is 24.3 Å². The summed E-state index contributed by atoms with van der Waals surface area (Å²) in [4.78, 5) is 18.6. The Hall–Kier alpha value is -3.44. The van der Waals surface area contributed by atoms with Crippen molar-refractivity contribution in [2.45, 2.75) is 19.4 Å². The summed E-state index contributed by atoms with van der Waals surface area (Å²) in [7, 11) is 0. The van der Waals surface area contributed by atoms with Gasteiger partial charge in [0.15, 0.2) is 0 Å². The number of likely N-dealkylation sites (tertiary alicyclic amines) is 1. The summed E-state index contributed by atoms with van der Waals surface area (Å²) in [6, 6.07) is 25.0. The SMILES string of the molecule is O=C(O)C1CCN(Cc2c(-c3ccc(-c4ccccc4)cc3)nc3ccccn23)CC1. The van der Waals surface area contributed by atoms with Crippen LogP contribution in [0.1, 0.15) is 18.5 Å². The monoisotopic (exact) mass is 411 g/mol. The maximum absolute atomic E-state index is 11.3. The van der Waals surface area contributed by atoms with Gasteiger partial charge in [-0.3, -0.25) is 9.69 Å². The number of carboxylic acids is 1. The molecule has 0 saturated carbocycles. The van der Waals surface area contributed by atoms with Gasteiger partial charge < -0.3 is 9.51 Å². The summed E-state index contributed by atoms with van der Waals surface area (Å²) >= 11 is 0. The van der Waals surface area contributed by atoms with E-state index in [1.54, 1.807) is 0 Å². The van der Waals surface area contributed by atoms with Crippen LogP contribution in [0, 0.1) is 5.92 Å². The molecule has 0 radical (unpaired) electrons. The van der Waals surface area contributed by atoms with E-state index in [1.165, 1.54) is 11.1 Å². The van der Waals surface area contributed by atoms with Gasteiger partial charge in [-0.05, 0) is 49.2 Å². The summed E-state index contributed by atoms with van der Waals surface area (Å²) in [6.45, 7) is 2.35. The maximum atomic E-state index is 11.3. The van der Waals surface area contributed by atoms with Crippen LogP contribution in [0.4, 0.5) is 0 Å². The number of fused-ring (bicyclic) bond motifs is 1. The Labute approximate surface area is 181 Å². The number of nitrogens with zero attached hydrogens (tertiary/aromatic N) is 3. The van der Waals surface area contributed by atoms with Crippen molar-refractivity contribution in [1.29, 1.82) is 0 Å². The number of carbonyl (C=O) groups is 1. The lowest BCUT2D eigenvalue weighted by molar-refractivity contribution is -0.143. The van der Waals surface area contributed by atoms with Crippen molar-refractivity contribution in [1.82, 2.24) is 14.3 Å². The minimum absolute atomic E-state index is 0.219. The number of piperidine rings is 1. The first-order valence-electron chi connectivity index (χ1n) is 10.8. The molecule has 1 aliphatic rings. The molecule has 5 rings (SSSR count). The molecule has 1 saturated heterocycles. The van der Waals surface area contributed by atoms with Crippen molar-refractivity contribution in [3.63, 3.8) is 0 Å². The number of hydrogen-bond donors (Lipinski definition) is 1. The van der Waals surface area contributed by atoms with Crippen LogP contribution >= 0.6 is 0 Å². The Morgan fingerprint density at radius 3 is 2.23 bits per heavy atom. The van der Waals surface area contributed by atoms with Crippen molar-refractivity contribution < 1.29 is 9.90 Å². The Balaban J connectivity index is 1.46. The van der Waals surface area contributed by atoms with Gasteiger partial charge in [-0.1, -0.05) is 60.7 Å². The summed E-state index contributed by atoms with van der Waals surface area (Å²) in [5.74, 6) is -0.892. The highest BCUT2D eigenvalue weighted by Crippen LogP contribution is 2.29. The molecule has 3 heterocycles. The molecule has 0 spiro atoms. The van der Waals surface area contributed by atoms with E-state index < -0.39 is 5.97 Å². The quantitative estimate of drug-likeness (QED) is 0.504. The van der Waals surface area contributed by atoms with Crippen LogP contribution in [0.25, 0.3) is 28.0 Å². The molecule has 1 N–H and O–H groups in total. The van der Waals surface area contributed by atoms with E-state index in [4.69, 9.17) is 4.98 Å². The van der Waals surface area contributed by atoms with Gasteiger partial charge in [-0.25, -0.2) is 4.98 Å². The van der Waals surface area contributed by atoms with Crippen molar-refractivity contribution in [3.8, 4) is 22.4 Å². The van der Waals surface area contributed by atoms with Crippen molar-refractivity contribution >= 4 is 11.6 Å². The first kappa shape index (κ1) is 19.5. The molecule has 2 aromatic carbocycles. The van der Waals surface area contributed by atoms with E-state index in [-0.39, 0.29) is 5.92 Å². The van der Waals surface area contributed by atoms with E-state index in [2.05, 4.69) is 64.0 Å². The fraction of sp³-hybridized carbons (Fsp3) is 0.231. The molecule has 5 heteroatoms. The van der Waals surface area contributed by atoms with Crippen LogP contribution in [0.5, 0.6) is 0 Å². The van der Waals surface area contributed by atoms with Crippen LogP contribution in [-0.2, 0) is 11.3 Å². The Kier molecular flexibility index (Phi) is 5.26. The van der Waals surface area contributed by atoms with E-state index in [0.29, 0.717) is 12.8 Å². The Morgan fingerprint density at radius 1 is 0.871 bits per heavy atom. The van der Waals surface area contributed by atoms with Gasteiger partial charge in [-0.2, -0.15) is 0 Å². The van der Waals surface area contributed by atoms with E-state index in [0.717, 1.165) is 42.2 Å². The Bertz CT molecular complexity index is 1190. The van der Waals surface area contributed by atoms with Gasteiger partial charge >= 0.3 is 5.97 Å². The van der Waals surface area contributed by atoms with Crippen LogP contribution in [0.3, 0.4) is 0 Å². The lowest BCUT2D eigenvalue weighted by Gasteiger charge is -2.30. The second-order valence-electron chi connectivity index (χ2n) is 8.17. The minimum Gasteiger partial charge on any atom is -0.481 e. The fourth-order valence-corrected chi connectivity index (χ4v) is 4.43. The van der Waals surface area contributed by atoms with Gasteiger partial charge in [0.1, 0.15) is 5.65 Å². The molecule has 0 aliphatic carbocycles. The molecule has 0 amide bonds. The third-order valence-corrected chi connectivity index (χ3v) is 6.20. The molecule has 1 aliphatic heterocycles. The minimum atomic E-state index is -0.673. The molecule has 2 aromatic heterocycles. The molecular weight excluding hydrogens is 386 g/mol. The molecular formula is C26H25N3O2. The summed E-state index contributed by atoms with van der Waals surface area (Å²) in [5.41, 5.74) is 6.55. The highest BCUT2D eigenvalue weighted by molar-refractivity contribution is 5.72. The van der Waals surface area contributed by atoms with Crippen LogP contribution in [-0.4, -0.2) is 38.4 Å².